The molecule has 0 radical (unpaired) electrons. The van der Waals surface area contributed by atoms with E-state index in [-0.39, 0.29) is 5.60 Å². The molecule has 0 amide bonds. The van der Waals surface area contributed by atoms with Gasteiger partial charge in [0, 0.05) is 0 Å². The molecule has 1 rings (SSSR count). The zero-order chi connectivity index (χ0) is 9.03. The second kappa shape index (κ2) is 4.11. The van der Waals surface area contributed by atoms with Crippen LogP contribution in [-0.4, -0.2) is 14.6 Å². The summed E-state index contributed by atoms with van der Waals surface area (Å²) in [5.41, 5.74) is -0.168. The standard InChI is InChI=1S/C10H18OSi/c1-4-10(11-12(2)3)8-6-5-7-9-10/h1,12H,5-9H2,2-3H3. The third-order valence-electron chi connectivity index (χ3n) is 2.39. The van der Waals surface area contributed by atoms with Crippen molar-refractivity contribution in [3.63, 3.8) is 0 Å². The zero-order valence-corrected chi connectivity index (χ0v) is 9.25. The lowest BCUT2D eigenvalue weighted by atomic mass is 9.86. The van der Waals surface area contributed by atoms with E-state index in [4.69, 9.17) is 10.8 Å². The van der Waals surface area contributed by atoms with Crippen LogP contribution in [0.3, 0.4) is 0 Å². The Labute approximate surface area is 77.2 Å². The van der Waals surface area contributed by atoms with E-state index in [9.17, 15) is 0 Å². The van der Waals surface area contributed by atoms with Crippen LogP contribution in [0.2, 0.25) is 13.1 Å². The summed E-state index contributed by atoms with van der Waals surface area (Å²) in [7, 11) is -0.971. The highest BCUT2D eigenvalue weighted by Gasteiger charge is 2.31. The van der Waals surface area contributed by atoms with Gasteiger partial charge in [-0.15, -0.1) is 6.42 Å². The molecular formula is C10H18OSi. The molecular weight excluding hydrogens is 164 g/mol. The fourth-order valence-corrected chi connectivity index (χ4v) is 3.08. The predicted molar refractivity (Wildman–Crippen MR) is 54.6 cm³/mol. The Morgan fingerprint density at radius 3 is 2.25 bits per heavy atom. The van der Waals surface area contributed by atoms with Crippen molar-refractivity contribution in [1.82, 2.24) is 0 Å². The van der Waals surface area contributed by atoms with Gasteiger partial charge in [0.25, 0.3) is 0 Å². The summed E-state index contributed by atoms with van der Waals surface area (Å²) in [5.74, 6) is 2.86. The molecule has 0 bridgehead atoms. The molecule has 1 saturated carbocycles. The van der Waals surface area contributed by atoms with Gasteiger partial charge in [-0.3, -0.25) is 0 Å². The predicted octanol–water partition coefficient (Wildman–Crippen LogP) is 2.32. The third-order valence-corrected chi connectivity index (χ3v) is 3.31. The van der Waals surface area contributed by atoms with Gasteiger partial charge in [-0.25, -0.2) is 0 Å². The van der Waals surface area contributed by atoms with E-state index in [2.05, 4.69) is 19.0 Å². The molecule has 0 aromatic rings. The third kappa shape index (κ3) is 2.36. The van der Waals surface area contributed by atoms with Crippen molar-refractivity contribution in [2.24, 2.45) is 0 Å². The topological polar surface area (TPSA) is 9.23 Å². The summed E-state index contributed by atoms with van der Waals surface area (Å²) in [6.07, 6.45) is 11.5. The van der Waals surface area contributed by atoms with Crippen molar-refractivity contribution in [3.05, 3.63) is 0 Å². The minimum atomic E-state index is -0.971. The Kier molecular flexibility index (Phi) is 3.36. The van der Waals surface area contributed by atoms with Gasteiger partial charge >= 0.3 is 0 Å². The fourth-order valence-electron chi connectivity index (χ4n) is 1.87. The van der Waals surface area contributed by atoms with E-state index < -0.39 is 9.04 Å². The Hall–Kier alpha value is -0.263. The molecule has 0 N–H and O–H groups in total. The summed E-state index contributed by atoms with van der Waals surface area (Å²) >= 11 is 0. The number of terminal acetylenes is 1. The van der Waals surface area contributed by atoms with E-state index in [0.29, 0.717) is 0 Å². The van der Waals surface area contributed by atoms with Gasteiger partial charge in [0.2, 0.25) is 0 Å². The fraction of sp³-hybridized carbons (Fsp3) is 0.800. The van der Waals surface area contributed by atoms with Gasteiger partial charge < -0.3 is 4.43 Å². The second-order valence-corrected chi connectivity index (χ2v) is 6.20. The molecule has 0 aromatic heterocycles. The lowest BCUT2D eigenvalue weighted by molar-refractivity contribution is 0.0871. The molecule has 2 heteroatoms. The summed E-state index contributed by atoms with van der Waals surface area (Å²) in [4.78, 5) is 0. The monoisotopic (exact) mass is 182 g/mol. The molecule has 0 atom stereocenters. The molecule has 1 aliphatic rings. The van der Waals surface area contributed by atoms with Gasteiger partial charge in [-0.1, -0.05) is 12.3 Å². The minimum Gasteiger partial charge on any atom is -0.405 e. The van der Waals surface area contributed by atoms with Crippen LogP contribution in [0, 0.1) is 12.3 Å². The number of hydrogen-bond acceptors (Lipinski definition) is 1. The first-order chi connectivity index (χ1) is 5.68. The van der Waals surface area contributed by atoms with E-state index in [1.165, 1.54) is 19.3 Å². The first-order valence-corrected chi connectivity index (χ1v) is 7.62. The Morgan fingerprint density at radius 1 is 1.25 bits per heavy atom. The molecule has 0 aromatic carbocycles. The highest BCUT2D eigenvalue weighted by molar-refractivity contribution is 6.48. The average molecular weight is 182 g/mol. The van der Waals surface area contributed by atoms with Gasteiger partial charge in [-0.2, -0.15) is 0 Å². The first-order valence-electron chi connectivity index (χ1n) is 4.84. The summed E-state index contributed by atoms with van der Waals surface area (Å²) in [6, 6.07) is 0. The molecule has 1 aliphatic carbocycles. The van der Waals surface area contributed by atoms with Crippen molar-refractivity contribution in [3.8, 4) is 12.3 Å². The van der Waals surface area contributed by atoms with Crippen molar-refractivity contribution in [1.29, 1.82) is 0 Å². The molecule has 1 nitrogen and oxygen atoms in total. The maximum atomic E-state index is 5.93. The summed E-state index contributed by atoms with van der Waals surface area (Å²) < 4.78 is 5.93. The van der Waals surface area contributed by atoms with Crippen LogP contribution < -0.4 is 0 Å². The van der Waals surface area contributed by atoms with E-state index in [1.807, 2.05) is 0 Å². The van der Waals surface area contributed by atoms with Crippen molar-refractivity contribution >= 4 is 9.04 Å². The first kappa shape index (κ1) is 9.82. The Morgan fingerprint density at radius 2 is 1.83 bits per heavy atom. The normalized spacial score (nSPS) is 22.2. The van der Waals surface area contributed by atoms with E-state index in [0.717, 1.165) is 12.8 Å². The Balaban J connectivity index is 2.55. The maximum absolute atomic E-state index is 5.93. The second-order valence-electron chi connectivity index (χ2n) is 3.87. The molecule has 0 unspecified atom stereocenters. The van der Waals surface area contributed by atoms with Gasteiger partial charge in [0.05, 0.1) is 0 Å². The smallest absolute Gasteiger partial charge is 0.172 e. The average Bonchev–Trinajstić information content (AvgIpc) is 2.05. The van der Waals surface area contributed by atoms with E-state index >= 15 is 0 Å². The molecule has 0 aliphatic heterocycles. The van der Waals surface area contributed by atoms with Gasteiger partial charge in [-0.05, 0) is 38.8 Å². The van der Waals surface area contributed by atoms with Gasteiger partial charge in [0.1, 0.15) is 5.60 Å². The maximum Gasteiger partial charge on any atom is 0.172 e. The Bertz CT molecular complexity index is 175. The van der Waals surface area contributed by atoms with Crippen molar-refractivity contribution in [2.75, 3.05) is 0 Å². The van der Waals surface area contributed by atoms with Gasteiger partial charge in [0.15, 0.2) is 9.04 Å². The molecule has 1 fully saturated rings. The molecule has 0 spiro atoms. The van der Waals surface area contributed by atoms with Crippen LogP contribution in [-0.2, 0) is 4.43 Å². The van der Waals surface area contributed by atoms with Crippen LogP contribution in [0.4, 0.5) is 0 Å². The van der Waals surface area contributed by atoms with E-state index in [1.54, 1.807) is 0 Å². The molecule has 0 saturated heterocycles. The summed E-state index contributed by atoms with van der Waals surface area (Å²) in [5, 5.41) is 0. The van der Waals surface area contributed by atoms with Crippen LogP contribution in [0.5, 0.6) is 0 Å². The summed E-state index contributed by atoms with van der Waals surface area (Å²) in [6.45, 7) is 4.38. The van der Waals surface area contributed by atoms with Crippen molar-refractivity contribution < 1.29 is 4.43 Å². The highest BCUT2D eigenvalue weighted by atomic mass is 28.3. The van der Waals surface area contributed by atoms with Crippen LogP contribution in [0.25, 0.3) is 0 Å². The molecule has 0 heterocycles. The number of hydrogen-bond donors (Lipinski definition) is 0. The lowest BCUT2D eigenvalue weighted by Gasteiger charge is -2.34. The van der Waals surface area contributed by atoms with Crippen LogP contribution in [0.1, 0.15) is 32.1 Å². The van der Waals surface area contributed by atoms with Crippen LogP contribution in [0.15, 0.2) is 0 Å². The SMILES string of the molecule is C#CC1(O[SiH](C)C)CCCCC1. The zero-order valence-electron chi connectivity index (χ0n) is 8.10. The molecule has 68 valence electrons. The lowest BCUT2D eigenvalue weighted by Crippen LogP contribution is -2.37. The minimum absolute atomic E-state index is 0.168. The highest BCUT2D eigenvalue weighted by Crippen LogP contribution is 2.31. The quantitative estimate of drug-likeness (QED) is 0.470. The number of rotatable bonds is 2. The van der Waals surface area contributed by atoms with Crippen molar-refractivity contribution in [2.45, 2.75) is 50.8 Å². The van der Waals surface area contributed by atoms with Crippen LogP contribution >= 0.6 is 0 Å². The molecule has 12 heavy (non-hydrogen) atoms. The largest absolute Gasteiger partial charge is 0.405 e.